The monoisotopic (exact) mass is 293 g/mol. The molecular weight excluding hydrogens is 266 g/mol. The summed E-state index contributed by atoms with van der Waals surface area (Å²) in [4.78, 5) is 16.6. The second-order valence-electron chi connectivity index (χ2n) is 6.41. The van der Waals surface area contributed by atoms with Gasteiger partial charge < -0.3 is 9.42 Å². The SMILES string of the molecule is Cc1noc(C)c1CN1CCCN(C(=O)CC(C)C)CC1. The van der Waals surface area contributed by atoms with Crippen LogP contribution in [-0.4, -0.2) is 47.0 Å². The molecule has 0 aromatic carbocycles. The number of carbonyl (C=O) groups excluding carboxylic acids is 1. The Balaban J connectivity index is 1.90. The molecule has 0 radical (unpaired) electrons. The van der Waals surface area contributed by atoms with E-state index in [1.54, 1.807) is 0 Å². The fourth-order valence-corrected chi connectivity index (χ4v) is 2.81. The van der Waals surface area contributed by atoms with Gasteiger partial charge in [0.15, 0.2) is 0 Å². The summed E-state index contributed by atoms with van der Waals surface area (Å²) >= 11 is 0. The maximum atomic E-state index is 12.2. The first-order valence-corrected chi connectivity index (χ1v) is 7.89. The smallest absolute Gasteiger partial charge is 0.222 e. The van der Waals surface area contributed by atoms with Gasteiger partial charge in [0.2, 0.25) is 5.91 Å². The molecule has 118 valence electrons. The zero-order valence-electron chi connectivity index (χ0n) is 13.7. The van der Waals surface area contributed by atoms with Crippen LogP contribution in [0.2, 0.25) is 0 Å². The van der Waals surface area contributed by atoms with Crippen LogP contribution in [0.1, 0.15) is 43.7 Å². The maximum absolute atomic E-state index is 12.2. The molecule has 0 saturated carbocycles. The zero-order chi connectivity index (χ0) is 15.4. The summed E-state index contributed by atoms with van der Waals surface area (Å²) in [6, 6.07) is 0. The molecule has 2 heterocycles. The molecule has 2 rings (SSSR count). The van der Waals surface area contributed by atoms with Gasteiger partial charge in [-0.15, -0.1) is 0 Å². The number of aryl methyl sites for hydroxylation is 2. The maximum Gasteiger partial charge on any atom is 0.222 e. The Hall–Kier alpha value is -1.36. The van der Waals surface area contributed by atoms with Gasteiger partial charge in [-0.05, 0) is 26.2 Å². The van der Waals surface area contributed by atoms with E-state index in [4.69, 9.17) is 4.52 Å². The molecule has 0 aliphatic carbocycles. The molecule has 21 heavy (non-hydrogen) atoms. The number of hydrogen-bond acceptors (Lipinski definition) is 4. The van der Waals surface area contributed by atoms with Crippen molar-refractivity contribution >= 4 is 5.91 Å². The summed E-state index contributed by atoms with van der Waals surface area (Å²) in [6.45, 7) is 12.7. The molecule has 1 saturated heterocycles. The van der Waals surface area contributed by atoms with Crippen molar-refractivity contribution in [1.82, 2.24) is 15.0 Å². The first-order valence-electron chi connectivity index (χ1n) is 7.89. The van der Waals surface area contributed by atoms with E-state index in [0.717, 1.165) is 50.6 Å². The Bertz CT molecular complexity index is 462. The van der Waals surface area contributed by atoms with E-state index in [-0.39, 0.29) is 0 Å². The summed E-state index contributed by atoms with van der Waals surface area (Å²) in [7, 11) is 0. The Labute approximate surface area is 127 Å². The number of carbonyl (C=O) groups is 1. The van der Waals surface area contributed by atoms with Crippen molar-refractivity contribution in [3.63, 3.8) is 0 Å². The van der Waals surface area contributed by atoms with Gasteiger partial charge in [-0.1, -0.05) is 19.0 Å². The van der Waals surface area contributed by atoms with Gasteiger partial charge in [0.1, 0.15) is 5.76 Å². The van der Waals surface area contributed by atoms with Gasteiger partial charge in [0.05, 0.1) is 5.69 Å². The van der Waals surface area contributed by atoms with Crippen molar-refractivity contribution in [3.05, 3.63) is 17.0 Å². The third-order valence-electron chi connectivity index (χ3n) is 4.09. The van der Waals surface area contributed by atoms with E-state index < -0.39 is 0 Å². The van der Waals surface area contributed by atoms with Crippen molar-refractivity contribution in [2.24, 2.45) is 5.92 Å². The van der Waals surface area contributed by atoms with Gasteiger partial charge in [-0.2, -0.15) is 0 Å². The lowest BCUT2D eigenvalue weighted by Crippen LogP contribution is -2.35. The van der Waals surface area contributed by atoms with E-state index in [2.05, 4.69) is 23.9 Å². The van der Waals surface area contributed by atoms with Crippen LogP contribution in [0.15, 0.2) is 4.52 Å². The lowest BCUT2D eigenvalue weighted by atomic mass is 10.1. The number of nitrogens with zero attached hydrogens (tertiary/aromatic N) is 3. The second kappa shape index (κ2) is 7.07. The standard InChI is InChI=1S/C16H27N3O2/c1-12(2)10-16(20)19-7-5-6-18(8-9-19)11-15-13(3)17-21-14(15)4/h12H,5-11H2,1-4H3. The molecule has 1 aliphatic heterocycles. The molecule has 1 aromatic rings. The van der Waals surface area contributed by atoms with Gasteiger partial charge in [-0.3, -0.25) is 9.69 Å². The lowest BCUT2D eigenvalue weighted by Gasteiger charge is -2.22. The highest BCUT2D eigenvalue weighted by molar-refractivity contribution is 5.76. The highest BCUT2D eigenvalue weighted by Crippen LogP contribution is 2.16. The minimum atomic E-state index is 0.296. The predicted octanol–water partition coefficient (Wildman–Crippen LogP) is 2.37. The average molecular weight is 293 g/mol. The summed E-state index contributed by atoms with van der Waals surface area (Å²) in [5.74, 6) is 1.63. The first-order chi connectivity index (χ1) is 9.97. The first kappa shape index (κ1) is 16.0. The van der Waals surface area contributed by atoms with Crippen LogP contribution in [-0.2, 0) is 11.3 Å². The van der Waals surface area contributed by atoms with Gasteiger partial charge >= 0.3 is 0 Å². The molecule has 5 nitrogen and oxygen atoms in total. The normalized spacial score (nSPS) is 17.3. The van der Waals surface area contributed by atoms with E-state index >= 15 is 0 Å². The molecule has 0 spiro atoms. The molecular formula is C16H27N3O2. The van der Waals surface area contributed by atoms with Crippen molar-refractivity contribution in [2.75, 3.05) is 26.2 Å². The highest BCUT2D eigenvalue weighted by atomic mass is 16.5. The largest absolute Gasteiger partial charge is 0.361 e. The third kappa shape index (κ3) is 4.30. The van der Waals surface area contributed by atoms with E-state index in [9.17, 15) is 4.79 Å². The molecule has 1 aromatic heterocycles. The number of aromatic nitrogens is 1. The number of hydrogen-bond donors (Lipinski definition) is 0. The fraction of sp³-hybridized carbons (Fsp3) is 0.750. The fourth-order valence-electron chi connectivity index (χ4n) is 2.81. The molecule has 0 N–H and O–H groups in total. The highest BCUT2D eigenvalue weighted by Gasteiger charge is 2.21. The molecule has 1 amide bonds. The van der Waals surface area contributed by atoms with Gasteiger partial charge in [0, 0.05) is 44.7 Å². The van der Waals surface area contributed by atoms with E-state index in [1.807, 2.05) is 18.7 Å². The van der Waals surface area contributed by atoms with Gasteiger partial charge in [-0.25, -0.2) is 0 Å². The average Bonchev–Trinajstić information content (AvgIpc) is 2.65. The van der Waals surface area contributed by atoms with Crippen LogP contribution >= 0.6 is 0 Å². The summed E-state index contributed by atoms with van der Waals surface area (Å²) in [5.41, 5.74) is 2.17. The van der Waals surface area contributed by atoms with Gasteiger partial charge in [0.25, 0.3) is 0 Å². The van der Waals surface area contributed by atoms with Crippen LogP contribution in [0.5, 0.6) is 0 Å². The van der Waals surface area contributed by atoms with Crippen LogP contribution < -0.4 is 0 Å². The van der Waals surface area contributed by atoms with E-state index in [1.165, 1.54) is 5.56 Å². The Morgan fingerprint density at radius 1 is 1.24 bits per heavy atom. The minimum absolute atomic E-state index is 0.296. The zero-order valence-corrected chi connectivity index (χ0v) is 13.7. The quantitative estimate of drug-likeness (QED) is 0.855. The van der Waals surface area contributed by atoms with Crippen LogP contribution in [0.25, 0.3) is 0 Å². The van der Waals surface area contributed by atoms with Crippen molar-refractivity contribution in [2.45, 2.75) is 47.1 Å². The molecule has 0 unspecified atom stereocenters. The van der Waals surface area contributed by atoms with Crippen LogP contribution in [0, 0.1) is 19.8 Å². The topological polar surface area (TPSA) is 49.6 Å². The summed E-state index contributed by atoms with van der Waals surface area (Å²) < 4.78 is 5.23. The van der Waals surface area contributed by atoms with Crippen molar-refractivity contribution in [3.8, 4) is 0 Å². The summed E-state index contributed by atoms with van der Waals surface area (Å²) in [5, 5.41) is 4.01. The Kier molecular flexibility index (Phi) is 5.39. The van der Waals surface area contributed by atoms with E-state index in [0.29, 0.717) is 18.2 Å². The third-order valence-corrected chi connectivity index (χ3v) is 4.09. The number of rotatable bonds is 4. The van der Waals surface area contributed by atoms with Crippen LogP contribution in [0.4, 0.5) is 0 Å². The van der Waals surface area contributed by atoms with Crippen LogP contribution in [0.3, 0.4) is 0 Å². The molecule has 5 heteroatoms. The number of amides is 1. The van der Waals surface area contributed by atoms with Crippen molar-refractivity contribution in [1.29, 1.82) is 0 Å². The molecule has 1 fully saturated rings. The molecule has 1 aliphatic rings. The van der Waals surface area contributed by atoms with Crippen molar-refractivity contribution < 1.29 is 9.32 Å². The minimum Gasteiger partial charge on any atom is -0.361 e. The molecule has 0 bridgehead atoms. The Morgan fingerprint density at radius 2 is 2.00 bits per heavy atom. The second-order valence-corrected chi connectivity index (χ2v) is 6.41. The lowest BCUT2D eigenvalue weighted by molar-refractivity contribution is -0.131. The summed E-state index contributed by atoms with van der Waals surface area (Å²) in [6.07, 6.45) is 1.69. The molecule has 0 atom stereocenters. The Morgan fingerprint density at radius 3 is 2.62 bits per heavy atom. The predicted molar refractivity (Wildman–Crippen MR) is 81.9 cm³/mol.